The quantitative estimate of drug-likeness (QED) is 0.704. The second-order valence-corrected chi connectivity index (χ2v) is 7.53. The standard InChI is InChI=1S/C19H20Cl2FN3O2/c20-13-4-3-12(15(21)10-13)11-25-17(26)19(22)6-5-18(27,7-8-23)16-14(19)2-1-9-24-16/h1-4,9-10,27H,5-8,11,23H2,(H,25,26)/t18-,19-/m0/s1. The van der Waals surface area contributed by atoms with Crippen molar-refractivity contribution in [3.63, 3.8) is 0 Å². The van der Waals surface area contributed by atoms with Crippen molar-refractivity contribution in [1.29, 1.82) is 0 Å². The first-order valence-corrected chi connectivity index (χ1v) is 9.35. The van der Waals surface area contributed by atoms with Crippen molar-refractivity contribution in [3.05, 3.63) is 63.4 Å². The van der Waals surface area contributed by atoms with E-state index in [4.69, 9.17) is 28.9 Å². The summed E-state index contributed by atoms with van der Waals surface area (Å²) in [5, 5.41) is 14.3. The number of hydrogen-bond donors (Lipinski definition) is 3. The molecule has 4 N–H and O–H groups in total. The first-order chi connectivity index (χ1) is 12.8. The molecule has 1 aliphatic carbocycles. The number of alkyl halides is 1. The summed E-state index contributed by atoms with van der Waals surface area (Å²) in [6, 6.07) is 7.91. The Hall–Kier alpha value is -1.73. The number of aromatic nitrogens is 1. The Bertz CT molecular complexity index is 867. The minimum Gasteiger partial charge on any atom is -0.383 e. The van der Waals surface area contributed by atoms with Gasteiger partial charge < -0.3 is 16.2 Å². The van der Waals surface area contributed by atoms with Crippen LogP contribution in [0.5, 0.6) is 0 Å². The Morgan fingerprint density at radius 1 is 1.33 bits per heavy atom. The van der Waals surface area contributed by atoms with Crippen LogP contribution in [0.2, 0.25) is 10.0 Å². The lowest BCUT2D eigenvalue weighted by molar-refractivity contribution is -0.137. The SMILES string of the molecule is NCC[C@@]1(O)CC[C@@](F)(C(=O)NCc2ccc(Cl)cc2Cl)c2cccnc21. The molecule has 8 heteroatoms. The highest BCUT2D eigenvalue weighted by Crippen LogP contribution is 2.46. The molecule has 0 saturated heterocycles. The maximum atomic E-state index is 15.8. The molecule has 2 atom stereocenters. The average molecular weight is 412 g/mol. The van der Waals surface area contributed by atoms with Crippen molar-refractivity contribution in [2.75, 3.05) is 6.54 Å². The lowest BCUT2D eigenvalue weighted by Gasteiger charge is -2.39. The molecular formula is C19H20Cl2FN3O2. The number of benzene rings is 1. The van der Waals surface area contributed by atoms with Gasteiger partial charge in [0.05, 0.1) is 5.69 Å². The third-order valence-corrected chi connectivity index (χ3v) is 5.52. The molecule has 1 heterocycles. The number of aliphatic hydroxyl groups is 1. The van der Waals surface area contributed by atoms with Gasteiger partial charge in [-0.3, -0.25) is 9.78 Å². The lowest BCUT2D eigenvalue weighted by atomic mass is 9.73. The molecule has 2 aromatic rings. The smallest absolute Gasteiger partial charge is 0.262 e. The van der Waals surface area contributed by atoms with Crippen LogP contribution >= 0.6 is 23.2 Å². The van der Waals surface area contributed by atoms with E-state index in [-0.39, 0.29) is 43.6 Å². The number of fused-ring (bicyclic) bond motifs is 1. The maximum absolute atomic E-state index is 15.8. The van der Waals surface area contributed by atoms with E-state index < -0.39 is 17.2 Å². The summed E-state index contributed by atoms with van der Waals surface area (Å²) in [4.78, 5) is 16.9. The monoisotopic (exact) mass is 411 g/mol. The zero-order valence-corrected chi connectivity index (χ0v) is 16.0. The number of nitrogens with zero attached hydrogens (tertiary/aromatic N) is 1. The molecule has 0 aliphatic heterocycles. The highest BCUT2D eigenvalue weighted by atomic mass is 35.5. The van der Waals surface area contributed by atoms with Crippen LogP contribution in [0, 0.1) is 0 Å². The third kappa shape index (κ3) is 3.80. The number of nitrogens with one attached hydrogen (secondary N) is 1. The van der Waals surface area contributed by atoms with Crippen LogP contribution in [0.4, 0.5) is 4.39 Å². The van der Waals surface area contributed by atoms with Crippen molar-refractivity contribution in [1.82, 2.24) is 10.3 Å². The normalized spacial score (nSPS) is 24.3. The second kappa shape index (κ2) is 7.72. The fourth-order valence-corrected chi connectivity index (χ4v) is 3.90. The molecule has 1 aromatic heterocycles. The van der Waals surface area contributed by atoms with E-state index in [0.29, 0.717) is 15.6 Å². The minimum atomic E-state index is -2.29. The summed E-state index contributed by atoms with van der Waals surface area (Å²) in [6.07, 6.45) is 1.61. The predicted molar refractivity (Wildman–Crippen MR) is 102 cm³/mol. The average Bonchev–Trinajstić information content (AvgIpc) is 2.65. The molecule has 1 aliphatic rings. The van der Waals surface area contributed by atoms with Gasteiger partial charge in [-0.25, -0.2) is 4.39 Å². The van der Waals surface area contributed by atoms with Gasteiger partial charge in [0.15, 0.2) is 0 Å². The van der Waals surface area contributed by atoms with Gasteiger partial charge in [0.25, 0.3) is 5.91 Å². The summed E-state index contributed by atoms with van der Waals surface area (Å²) in [5.41, 5.74) is 2.83. The summed E-state index contributed by atoms with van der Waals surface area (Å²) in [5.74, 6) is -0.794. The van der Waals surface area contributed by atoms with Crippen LogP contribution in [0.1, 0.15) is 36.1 Å². The Labute approximate surface area is 166 Å². The molecule has 0 spiro atoms. The molecule has 1 aromatic carbocycles. The Morgan fingerprint density at radius 2 is 2.11 bits per heavy atom. The van der Waals surface area contributed by atoms with Crippen molar-refractivity contribution >= 4 is 29.1 Å². The van der Waals surface area contributed by atoms with Crippen molar-refractivity contribution in [2.24, 2.45) is 5.73 Å². The first-order valence-electron chi connectivity index (χ1n) is 8.60. The topological polar surface area (TPSA) is 88.2 Å². The van der Waals surface area contributed by atoms with E-state index >= 15 is 4.39 Å². The lowest BCUT2D eigenvalue weighted by Crippen LogP contribution is -2.48. The summed E-state index contributed by atoms with van der Waals surface area (Å²) < 4.78 is 15.8. The highest BCUT2D eigenvalue weighted by Gasteiger charge is 2.51. The third-order valence-electron chi connectivity index (χ3n) is 4.93. The van der Waals surface area contributed by atoms with Gasteiger partial charge in [-0.1, -0.05) is 35.3 Å². The number of hydrogen-bond acceptors (Lipinski definition) is 4. The molecule has 3 rings (SSSR count). The number of carbonyl (C=O) groups excluding carboxylic acids is 1. The summed E-state index contributed by atoms with van der Waals surface area (Å²) in [7, 11) is 0. The van der Waals surface area contributed by atoms with Crippen molar-refractivity contribution < 1.29 is 14.3 Å². The van der Waals surface area contributed by atoms with Gasteiger partial charge in [0, 0.05) is 28.4 Å². The zero-order valence-electron chi connectivity index (χ0n) is 14.5. The molecule has 0 saturated carbocycles. The minimum absolute atomic E-state index is 0.0554. The first kappa shape index (κ1) is 20.0. The summed E-state index contributed by atoms with van der Waals surface area (Å²) >= 11 is 12.0. The Kier molecular flexibility index (Phi) is 5.72. The molecule has 0 radical (unpaired) electrons. The predicted octanol–water partition coefficient (Wildman–Crippen LogP) is 3.20. The number of amides is 1. The van der Waals surface area contributed by atoms with Crippen LogP contribution < -0.4 is 11.1 Å². The fraction of sp³-hybridized carbons (Fsp3) is 0.368. The van der Waals surface area contributed by atoms with Gasteiger partial charge in [-0.05, 0) is 49.6 Å². The number of nitrogens with two attached hydrogens (primary N) is 1. The van der Waals surface area contributed by atoms with E-state index in [9.17, 15) is 9.90 Å². The Morgan fingerprint density at radius 3 is 2.81 bits per heavy atom. The summed E-state index contributed by atoms with van der Waals surface area (Å²) in [6.45, 7) is 0.288. The van der Waals surface area contributed by atoms with Crippen LogP contribution in [0.15, 0.2) is 36.5 Å². The zero-order chi connectivity index (χ0) is 19.7. The fourth-order valence-electron chi connectivity index (χ4n) is 3.43. The van der Waals surface area contributed by atoms with E-state index in [1.54, 1.807) is 24.3 Å². The van der Waals surface area contributed by atoms with Crippen molar-refractivity contribution in [2.45, 2.75) is 37.1 Å². The molecule has 144 valence electrons. The molecular weight excluding hydrogens is 392 g/mol. The van der Waals surface area contributed by atoms with Gasteiger partial charge in [0.1, 0.15) is 5.60 Å². The molecule has 0 fully saturated rings. The number of pyridine rings is 1. The van der Waals surface area contributed by atoms with E-state index in [0.717, 1.165) is 0 Å². The number of rotatable bonds is 5. The van der Waals surface area contributed by atoms with Crippen LogP contribution in [-0.4, -0.2) is 22.5 Å². The number of carbonyl (C=O) groups is 1. The van der Waals surface area contributed by atoms with E-state index in [1.807, 2.05) is 0 Å². The Balaban J connectivity index is 1.85. The van der Waals surface area contributed by atoms with Gasteiger partial charge in [-0.2, -0.15) is 0 Å². The van der Waals surface area contributed by atoms with Crippen LogP contribution in [0.3, 0.4) is 0 Å². The largest absolute Gasteiger partial charge is 0.383 e. The van der Waals surface area contributed by atoms with E-state index in [2.05, 4.69) is 10.3 Å². The van der Waals surface area contributed by atoms with Crippen LogP contribution in [-0.2, 0) is 22.6 Å². The second-order valence-electron chi connectivity index (χ2n) is 6.69. The van der Waals surface area contributed by atoms with Gasteiger partial charge in [-0.15, -0.1) is 0 Å². The maximum Gasteiger partial charge on any atom is 0.262 e. The number of halogens is 3. The van der Waals surface area contributed by atoms with Crippen molar-refractivity contribution in [3.8, 4) is 0 Å². The molecule has 0 bridgehead atoms. The highest BCUT2D eigenvalue weighted by molar-refractivity contribution is 6.35. The van der Waals surface area contributed by atoms with Gasteiger partial charge in [0.2, 0.25) is 5.67 Å². The molecule has 1 amide bonds. The van der Waals surface area contributed by atoms with E-state index in [1.165, 1.54) is 12.3 Å². The van der Waals surface area contributed by atoms with Gasteiger partial charge >= 0.3 is 0 Å². The molecule has 27 heavy (non-hydrogen) atoms. The molecule has 0 unspecified atom stereocenters. The molecule has 5 nitrogen and oxygen atoms in total. The van der Waals surface area contributed by atoms with Crippen LogP contribution in [0.25, 0.3) is 0 Å².